The van der Waals surface area contributed by atoms with Crippen molar-refractivity contribution in [3.63, 3.8) is 0 Å². The average Bonchev–Trinajstić information content (AvgIpc) is 2.87. The summed E-state index contributed by atoms with van der Waals surface area (Å²) in [6.07, 6.45) is 1.17. The Bertz CT molecular complexity index is 721. The molecule has 0 saturated carbocycles. The van der Waals surface area contributed by atoms with Crippen LogP contribution in [0.2, 0.25) is 0 Å². The summed E-state index contributed by atoms with van der Waals surface area (Å²) in [6.45, 7) is 0.0721. The van der Waals surface area contributed by atoms with Crippen molar-refractivity contribution >= 4 is 0 Å². The van der Waals surface area contributed by atoms with E-state index >= 15 is 0 Å². The van der Waals surface area contributed by atoms with Crippen LogP contribution in [0, 0.1) is 17.1 Å². The van der Waals surface area contributed by atoms with Gasteiger partial charge < -0.3 is 9.84 Å². The Labute approximate surface area is 122 Å². The molecule has 0 aromatic heterocycles. The van der Waals surface area contributed by atoms with E-state index in [0.29, 0.717) is 11.3 Å². The molecule has 0 aliphatic heterocycles. The molecule has 0 fully saturated rings. The number of fused-ring (bicyclic) bond motifs is 1. The zero-order valence-corrected chi connectivity index (χ0v) is 11.3. The van der Waals surface area contributed by atoms with E-state index in [1.54, 1.807) is 18.2 Å². The molecule has 0 radical (unpaired) electrons. The van der Waals surface area contributed by atoms with Crippen molar-refractivity contribution < 1.29 is 14.2 Å². The predicted molar refractivity (Wildman–Crippen MR) is 75.2 cm³/mol. The van der Waals surface area contributed by atoms with Crippen LogP contribution in [0.4, 0.5) is 4.39 Å². The van der Waals surface area contributed by atoms with Gasteiger partial charge in [0.15, 0.2) is 0 Å². The monoisotopic (exact) mass is 283 g/mol. The zero-order valence-electron chi connectivity index (χ0n) is 11.3. The van der Waals surface area contributed by atoms with Crippen LogP contribution in [0.5, 0.6) is 5.75 Å². The van der Waals surface area contributed by atoms with Gasteiger partial charge >= 0.3 is 0 Å². The van der Waals surface area contributed by atoms with E-state index in [-0.39, 0.29) is 18.3 Å². The molecule has 0 unspecified atom stereocenters. The number of halogens is 1. The van der Waals surface area contributed by atoms with Gasteiger partial charge in [-0.25, -0.2) is 4.39 Å². The topological polar surface area (TPSA) is 53.2 Å². The number of nitrogens with zero attached hydrogens (tertiary/aromatic N) is 1. The maximum atomic E-state index is 13.9. The number of hydrogen-bond acceptors (Lipinski definition) is 3. The highest BCUT2D eigenvalue weighted by Gasteiger charge is 2.20. The van der Waals surface area contributed by atoms with Gasteiger partial charge in [0.1, 0.15) is 24.2 Å². The van der Waals surface area contributed by atoms with Crippen LogP contribution in [-0.2, 0) is 13.0 Å². The fourth-order valence-electron chi connectivity index (χ4n) is 2.60. The van der Waals surface area contributed by atoms with E-state index in [2.05, 4.69) is 0 Å². The van der Waals surface area contributed by atoms with Gasteiger partial charge in [-0.1, -0.05) is 18.2 Å². The van der Waals surface area contributed by atoms with Gasteiger partial charge in [0, 0.05) is 5.56 Å². The molecule has 21 heavy (non-hydrogen) atoms. The van der Waals surface area contributed by atoms with Crippen molar-refractivity contribution in [2.24, 2.45) is 0 Å². The van der Waals surface area contributed by atoms with Crippen LogP contribution in [0.25, 0.3) is 0 Å². The fraction of sp³-hybridized carbons (Fsp3) is 0.235. The van der Waals surface area contributed by atoms with Gasteiger partial charge in [-0.2, -0.15) is 5.26 Å². The minimum absolute atomic E-state index is 0.0215. The molecule has 2 aromatic rings. The van der Waals surface area contributed by atoms with Crippen molar-refractivity contribution in [1.29, 1.82) is 5.26 Å². The standard InChI is InChI=1S/C17H14FNO2/c18-17-12(9-19)2-1-3-13(17)10-21-14-5-6-15-11(8-14)4-7-16(15)20/h1-3,5-6,8,16,20H,4,7,10H2/t16-/m0/s1. The summed E-state index contributed by atoms with van der Waals surface area (Å²) in [5, 5.41) is 18.6. The fourth-order valence-corrected chi connectivity index (χ4v) is 2.60. The molecule has 0 spiro atoms. The third kappa shape index (κ3) is 2.61. The summed E-state index contributed by atoms with van der Waals surface area (Å²) in [5.41, 5.74) is 2.40. The summed E-state index contributed by atoms with van der Waals surface area (Å²) in [5.74, 6) is 0.112. The number of nitriles is 1. The van der Waals surface area contributed by atoms with E-state index in [9.17, 15) is 9.50 Å². The Morgan fingerprint density at radius 2 is 2.19 bits per heavy atom. The maximum absolute atomic E-state index is 13.9. The van der Waals surface area contributed by atoms with Crippen molar-refractivity contribution in [3.8, 4) is 11.8 Å². The summed E-state index contributed by atoms with van der Waals surface area (Å²) < 4.78 is 19.5. The lowest BCUT2D eigenvalue weighted by Crippen LogP contribution is -2.01. The molecule has 1 N–H and O–H groups in total. The highest BCUT2D eigenvalue weighted by molar-refractivity contribution is 5.40. The number of ether oxygens (including phenoxy) is 1. The van der Waals surface area contributed by atoms with E-state index in [1.165, 1.54) is 6.07 Å². The Morgan fingerprint density at radius 3 is 3.00 bits per heavy atom. The highest BCUT2D eigenvalue weighted by atomic mass is 19.1. The van der Waals surface area contributed by atoms with Crippen molar-refractivity contribution in [2.75, 3.05) is 0 Å². The molecule has 2 aromatic carbocycles. The number of aliphatic hydroxyl groups excluding tert-OH is 1. The molecule has 1 atom stereocenters. The molecular weight excluding hydrogens is 269 g/mol. The number of rotatable bonds is 3. The summed E-state index contributed by atoms with van der Waals surface area (Å²) in [6, 6.07) is 12.0. The third-order valence-electron chi connectivity index (χ3n) is 3.75. The first kappa shape index (κ1) is 13.6. The Morgan fingerprint density at radius 1 is 1.33 bits per heavy atom. The van der Waals surface area contributed by atoms with Gasteiger partial charge in [-0.15, -0.1) is 0 Å². The summed E-state index contributed by atoms with van der Waals surface area (Å²) in [4.78, 5) is 0. The molecule has 0 bridgehead atoms. The number of hydrogen-bond donors (Lipinski definition) is 1. The molecule has 0 saturated heterocycles. The molecule has 1 aliphatic rings. The number of benzene rings is 2. The van der Waals surface area contributed by atoms with Crippen LogP contribution >= 0.6 is 0 Å². The lowest BCUT2D eigenvalue weighted by molar-refractivity contribution is 0.180. The predicted octanol–water partition coefficient (Wildman–Crippen LogP) is 3.26. The van der Waals surface area contributed by atoms with Crippen LogP contribution < -0.4 is 4.74 Å². The largest absolute Gasteiger partial charge is 0.489 e. The molecule has 0 heterocycles. The Balaban J connectivity index is 1.76. The maximum Gasteiger partial charge on any atom is 0.147 e. The first-order valence-electron chi connectivity index (χ1n) is 6.80. The first-order valence-corrected chi connectivity index (χ1v) is 6.80. The second-order valence-electron chi connectivity index (χ2n) is 5.09. The van der Waals surface area contributed by atoms with Gasteiger partial charge in [0.2, 0.25) is 0 Å². The van der Waals surface area contributed by atoms with E-state index < -0.39 is 5.82 Å². The molecule has 0 amide bonds. The lowest BCUT2D eigenvalue weighted by atomic mass is 10.1. The average molecular weight is 283 g/mol. The zero-order chi connectivity index (χ0) is 14.8. The molecule has 3 rings (SSSR count). The molecule has 1 aliphatic carbocycles. The van der Waals surface area contributed by atoms with Crippen LogP contribution in [0.3, 0.4) is 0 Å². The van der Waals surface area contributed by atoms with Gasteiger partial charge in [0.05, 0.1) is 11.7 Å². The Hall–Kier alpha value is -2.38. The van der Waals surface area contributed by atoms with Crippen LogP contribution in [-0.4, -0.2) is 5.11 Å². The second kappa shape index (κ2) is 5.55. The summed E-state index contributed by atoms with van der Waals surface area (Å²) >= 11 is 0. The second-order valence-corrected chi connectivity index (χ2v) is 5.09. The molecule has 4 heteroatoms. The van der Waals surface area contributed by atoms with Crippen LogP contribution in [0.1, 0.15) is 34.8 Å². The van der Waals surface area contributed by atoms with Crippen molar-refractivity contribution in [3.05, 3.63) is 64.5 Å². The normalized spacial score (nSPS) is 16.3. The van der Waals surface area contributed by atoms with Crippen LogP contribution in [0.15, 0.2) is 36.4 Å². The van der Waals surface area contributed by atoms with E-state index in [4.69, 9.17) is 10.00 Å². The quantitative estimate of drug-likeness (QED) is 0.940. The van der Waals surface area contributed by atoms with E-state index in [0.717, 1.165) is 24.0 Å². The van der Waals surface area contributed by atoms with Gasteiger partial charge in [0.25, 0.3) is 0 Å². The van der Waals surface area contributed by atoms with Gasteiger partial charge in [-0.3, -0.25) is 0 Å². The number of aliphatic hydroxyl groups is 1. The SMILES string of the molecule is N#Cc1cccc(COc2ccc3c(c2)CC[C@@H]3O)c1F. The first-order chi connectivity index (χ1) is 10.2. The van der Waals surface area contributed by atoms with Crippen molar-refractivity contribution in [2.45, 2.75) is 25.6 Å². The highest BCUT2D eigenvalue weighted by Crippen LogP contribution is 2.33. The minimum Gasteiger partial charge on any atom is -0.489 e. The smallest absolute Gasteiger partial charge is 0.147 e. The molecule has 106 valence electrons. The van der Waals surface area contributed by atoms with Crippen molar-refractivity contribution in [1.82, 2.24) is 0 Å². The van der Waals surface area contributed by atoms with Gasteiger partial charge in [-0.05, 0) is 42.2 Å². The molecular formula is C17H14FNO2. The lowest BCUT2D eigenvalue weighted by Gasteiger charge is -2.10. The number of aryl methyl sites for hydroxylation is 1. The van der Waals surface area contributed by atoms with E-state index in [1.807, 2.05) is 18.2 Å². The third-order valence-corrected chi connectivity index (χ3v) is 3.75. The Kier molecular flexibility index (Phi) is 3.59. The molecule has 3 nitrogen and oxygen atoms in total. The summed E-state index contributed by atoms with van der Waals surface area (Å²) in [7, 11) is 0. The minimum atomic E-state index is -0.531.